The molecule has 3 rings (SSSR count). The summed E-state index contributed by atoms with van der Waals surface area (Å²) in [6.45, 7) is 5.03. The third-order valence-corrected chi connectivity index (χ3v) is 8.14. The molecule has 37 heavy (non-hydrogen) atoms. The number of hydrogen-bond donors (Lipinski definition) is 5. The second kappa shape index (κ2) is 10.0. The molecular weight excluding hydrogens is 546 g/mol. The monoisotopic (exact) mass is 573 g/mol. The van der Waals surface area contributed by atoms with Crippen LogP contribution in [0, 0.1) is 0 Å². The smallest absolute Gasteiger partial charge is 0.328 e. The van der Waals surface area contributed by atoms with Gasteiger partial charge in [0.2, 0.25) is 26.0 Å². The van der Waals surface area contributed by atoms with E-state index in [9.17, 15) is 36.3 Å². The summed E-state index contributed by atoms with van der Waals surface area (Å²) in [5, 5.41) is 22.1. The van der Waals surface area contributed by atoms with Crippen LogP contribution in [0.25, 0.3) is 0 Å². The van der Waals surface area contributed by atoms with Crippen LogP contribution < -0.4 is 25.4 Å². The third-order valence-electron chi connectivity index (χ3n) is 5.37. The Hall–Kier alpha value is -3.05. The third kappa shape index (κ3) is 6.64. The fourth-order valence-electron chi connectivity index (χ4n) is 3.61. The van der Waals surface area contributed by atoms with E-state index >= 15 is 0 Å². The van der Waals surface area contributed by atoms with Crippen LogP contribution in [-0.2, 0) is 36.8 Å². The van der Waals surface area contributed by atoms with Gasteiger partial charge in [-0.05, 0) is 28.5 Å². The standard InChI is InChI=1S/C21H27N5O8S3/c1-21(2,3)14-8-12(26-6-5-15(27)24-20(26)30)7-13(16(14)28)18(29)25-19-17(37(22,33)34)11(10-35-19)9-23-36(4,31)32/h7-8,10,23,28H,5-6,9H2,1-4H3,(H,25,29)(H2,22,33,34)(H,24,27,30). The minimum atomic E-state index is -4.39. The normalized spacial score (nSPS) is 15.0. The molecule has 0 spiro atoms. The summed E-state index contributed by atoms with van der Waals surface area (Å²) in [6.07, 6.45) is 0.940. The van der Waals surface area contributed by atoms with E-state index in [-0.39, 0.29) is 47.1 Å². The van der Waals surface area contributed by atoms with E-state index in [0.29, 0.717) is 5.56 Å². The summed E-state index contributed by atoms with van der Waals surface area (Å²) in [5.74, 6) is -1.72. The largest absolute Gasteiger partial charge is 0.507 e. The summed E-state index contributed by atoms with van der Waals surface area (Å²) in [4.78, 5) is 38.1. The van der Waals surface area contributed by atoms with Gasteiger partial charge in [0.1, 0.15) is 15.6 Å². The molecular formula is C21H27N5O8S3. The SMILES string of the molecule is CC(C)(C)c1cc(N2CCC(=O)NC2=O)cc(C(=O)Nc2scc(CNS(C)(=O)=O)c2S(N)(=O)=O)c1O. The van der Waals surface area contributed by atoms with Gasteiger partial charge < -0.3 is 10.4 Å². The van der Waals surface area contributed by atoms with Crippen LogP contribution in [0.2, 0.25) is 0 Å². The Morgan fingerprint density at radius 3 is 2.41 bits per heavy atom. The number of carbonyl (C=O) groups excluding carboxylic acids is 3. The minimum Gasteiger partial charge on any atom is -0.507 e. The van der Waals surface area contributed by atoms with E-state index in [2.05, 4.69) is 15.4 Å². The lowest BCUT2D eigenvalue weighted by Gasteiger charge is -2.29. The molecule has 0 aliphatic carbocycles. The molecule has 4 amide bonds. The predicted molar refractivity (Wildman–Crippen MR) is 138 cm³/mol. The summed E-state index contributed by atoms with van der Waals surface area (Å²) >= 11 is 0.806. The molecule has 13 nitrogen and oxygen atoms in total. The maximum absolute atomic E-state index is 13.3. The summed E-state index contributed by atoms with van der Waals surface area (Å²) < 4.78 is 49.6. The molecule has 0 radical (unpaired) electrons. The van der Waals surface area contributed by atoms with Crippen molar-refractivity contribution in [3.8, 4) is 5.75 Å². The molecule has 1 aromatic carbocycles. The molecule has 6 N–H and O–H groups in total. The molecule has 1 aliphatic rings. The quantitative estimate of drug-likeness (QED) is 0.324. The molecule has 0 unspecified atom stereocenters. The molecule has 2 heterocycles. The van der Waals surface area contributed by atoms with Crippen LogP contribution in [-0.4, -0.2) is 52.6 Å². The lowest BCUT2D eigenvalue weighted by atomic mass is 9.84. The summed E-state index contributed by atoms with van der Waals surface area (Å²) in [5.41, 5.74) is -0.325. The van der Waals surface area contributed by atoms with Gasteiger partial charge in [0, 0.05) is 30.8 Å². The van der Waals surface area contributed by atoms with E-state index in [4.69, 9.17) is 5.14 Å². The average Bonchev–Trinajstić information content (AvgIpc) is 3.14. The van der Waals surface area contributed by atoms with Crippen LogP contribution in [0.3, 0.4) is 0 Å². The average molecular weight is 574 g/mol. The number of thiophene rings is 1. The number of aromatic hydroxyl groups is 1. The van der Waals surface area contributed by atoms with Gasteiger partial charge in [-0.25, -0.2) is 31.5 Å². The lowest BCUT2D eigenvalue weighted by Crippen LogP contribution is -2.49. The van der Waals surface area contributed by atoms with Crippen molar-refractivity contribution < 1.29 is 36.3 Å². The van der Waals surface area contributed by atoms with Crippen molar-refractivity contribution in [3.63, 3.8) is 0 Å². The number of phenolic OH excluding ortho intramolecular Hbond substituents is 1. The molecule has 0 saturated carbocycles. The van der Waals surface area contributed by atoms with Gasteiger partial charge in [0.25, 0.3) is 5.91 Å². The maximum Gasteiger partial charge on any atom is 0.328 e. The Morgan fingerprint density at radius 2 is 1.86 bits per heavy atom. The first-order valence-corrected chi connectivity index (χ1v) is 15.1. The Labute approximate surface area is 218 Å². The van der Waals surface area contributed by atoms with Crippen molar-refractivity contribution >= 4 is 59.9 Å². The van der Waals surface area contributed by atoms with Crippen molar-refractivity contribution in [1.82, 2.24) is 10.0 Å². The molecule has 1 saturated heterocycles. The molecule has 16 heteroatoms. The predicted octanol–water partition coefficient (Wildman–Crippen LogP) is 1.15. The molecule has 2 aromatic rings. The molecule has 1 aromatic heterocycles. The maximum atomic E-state index is 13.3. The zero-order valence-electron chi connectivity index (χ0n) is 20.4. The number of amides is 4. The van der Waals surface area contributed by atoms with Crippen LogP contribution in [0.5, 0.6) is 5.75 Å². The zero-order valence-corrected chi connectivity index (χ0v) is 22.9. The molecule has 0 atom stereocenters. The van der Waals surface area contributed by atoms with E-state index in [1.807, 2.05) is 0 Å². The second-order valence-corrected chi connectivity index (χ2v) is 13.6. The number of nitrogens with one attached hydrogen (secondary N) is 3. The highest BCUT2D eigenvalue weighted by Gasteiger charge is 2.31. The minimum absolute atomic E-state index is 0.0243. The Morgan fingerprint density at radius 1 is 1.22 bits per heavy atom. The highest BCUT2D eigenvalue weighted by Crippen LogP contribution is 2.39. The first kappa shape index (κ1) is 28.5. The van der Waals surface area contributed by atoms with Gasteiger partial charge in [0.05, 0.1) is 11.8 Å². The van der Waals surface area contributed by atoms with Crippen molar-refractivity contribution in [1.29, 1.82) is 0 Å². The van der Waals surface area contributed by atoms with E-state index in [0.717, 1.165) is 17.6 Å². The lowest BCUT2D eigenvalue weighted by molar-refractivity contribution is -0.120. The van der Waals surface area contributed by atoms with E-state index in [1.54, 1.807) is 20.8 Å². The topological polar surface area (TPSA) is 205 Å². The first-order chi connectivity index (χ1) is 16.9. The number of sulfonamides is 2. The van der Waals surface area contributed by atoms with Gasteiger partial charge in [-0.1, -0.05) is 20.8 Å². The highest BCUT2D eigenvalue weighted by atomic mass is 32.2. The number of nitrogens with two attached hydrogens (primary N) is 1. The summed E-state index contributed by atoms with van der Waals surface area (Å²) in [7, 11) is -8.04. The number of anilines is 2. The number of rotatable bonds is 7. The molecule has 1 fully saturated rings. The summed E-state index contributed by atoms with van der Waals surface area (Å²) in [6, 6.07) is 2.11. The van der Waals surface area contributed by atoms with Crippen LogP contribution in [0.1, 0.15) is 48.7 Å². The van der Waals surface area contributed by atoms with Crippen molar-refractivity contribution in [2.24, 2.45) is 5.14 Å². The fraction of sp³-hybridized carbons (Fsp3) is 0.381. The van der Waals surface area contributed by atoms with Crippen molar-refractivity contribution in [2.75, 3.05) is 23.0 Å². The fourth-order valence-corrected chi connectivity index (χ4v) is 6.25. The van der Waals surface area contributed by atoms with Gasteiger partial charge in [-0.2, -0.15) is 0 Å². The number of phenols is 1. The van der Waals surface area contributed by atoms with Gasteiger partial charge in [0.15, 0.2) is 0 Å². The van der Waals surface area contributed by atoms with Crippen LogP contribution >= 0.6 is 11.3 Å². The van der Waals surface area contributed by atoms with Crippen LogP contribution in [0.15, 0.2) is 22.4 Å². The molecule has 202 valence electrons. The van der Waals surface area contributed by atoms with Crippen LogP contribution in [0.4, 0.5) is 15.5 Å². The number of urea groups is 1. The van der Waals surface area contributed by atoms with Crippen molar-refractivity contribution in [2.45, 2.75) is 44.0 Å². The number of carbonyl (C=O) groups is 3. The van der Waals surface area contributed by atoms with Gasteiger partial charge in [-0.15, -0.1) is 11.3 Å². The van der Waals surface area contributed by atoms with E-state index in [1.165, 1.54) is 22.4 Å². The zero-order chi connectivity index (χ0) is 27.9. The Bertz CT molecular complexity index is 1490. The number of hydrogen-bond acceptors (Lipinski definition) is 9. The van der Waals surface area contributed by atoms with Gasteiger partial charge in [-0.3, -0.25) is 19.8 Å². The number of imide groups is 1. The van der Waals surface area contributed by atoms with E-state index < -0.39 is 48.2 Å². The number of primary sulfonamides is 1. The number of benzene rings is 1. The molecule has 0 bridgehead atoms. The Balaban J connectivity index is 2.06. The second-order valence-electron chi connectivity index (χ2n) is 9.41. The Kier molecular flexibility index (Phi) is 7.72. The first-order valence-electron chi connectivity index (χ1n) is 10.8. The number of nitrogens with zero attached hydrogens (tertiary/aromatic N) is 1. The highest BCUT2D eigenvalue weighted by molar-refractivity contribution is 7.89. The molecule has 1 aliphatic heterocycles. The van der Waals surface area contributed by atoms with Gasteiger partial charge >= 0.3 is 6.03 Å². The van der Waals surface area contributed by atoms with Crippen molar-refractivity contribution in [3.05, 3.63) is 34.2 Å².